The van der Waals surface area contributed by atoms with Crippen LogP contribution in [0, 0.1) is 0 Å². The third-order valence-electron chi connectivity index (χ3n) is 2.27. The van der Waals surface area contributed by atoms with Crippen LogP contribution in [0.5, 0.6) is 0 Å². The van der Waals surface area contributed by atoms with Gasteiger partial charge in [-0.05, 0) is 24.3 Å². The van der Waals surface area contributed by atoms with Crippen molar-refractivity contribution >= 4 is 52.1 Å². The van der Waals surface area contributed by atoms with Gasteiger partial charge in [0.15, 0.2) is 0 Å². The van der Waals surface area contributed by atoms with Gasteiger partial charge in [0.25, 0.3) is 0 Å². The van der Waals surface area contributed by atoms with E-state index in [1.54, 1.807) is 24.3 Å². The Bertz CT molecular complexity index is 607. The Morgan fingerprint density at radius 1 is 1.11 bits per heavy atom. The zero-order valence-electron chi connectivity index (χ0n) is 9.17. The number of halogens is 3. The van der Waals surface area contributed by atoms with Crippen LogP contribution in [0.4, 0.5) is 0 Å². The first-order valence-corrected chi connectivity index (χ1v) is 6.81. The van der Waals surface area contributed by atoms with Crippen LogP contribution >= 0.6 is 46.1 Å². The molecule has 0 unspecified atom stereocenters. The molecule has 0 spiro atoms. The highest BCUT2D eigenvalue weighted by atomic mass is 35.5. The van der Waals surface area contributed by atoms with Crippen molar-refractivity contribution in [1.82, 2.24) is 0 Å². The molecule has 18 heavy (non-hydrogen) atoms. The molecule has 0 radical (unpaired) electrons. The molecule has 1 aromatic carbocycles. The number of methoxy groups -OCH3 is 1. The van der Waals surface area contributed by atoms with Gasteiger partial charge in [0.1, 0.15) is 4.88 Å². The number of carbonyl (C=O) groups is 1. The van der Waals surface area contributed by atoms with E-state index in [0.717, 1.165) is 10.4 Å². The Morgan fingerprint density at radius 2 is 1.78 bits per heavy atom. The third kappa shape index (κ3) is 2.64. The maximum Gasteiger partial charge on any atom is 0.348 e. The highest BCUT2D eigenvalue weighted by Gasteiger charge is 2.13. The highest BCUT2D eigenvalue weighted by Crippen LogP contribution is 2.38. The summed E-state index contributed by atoms with van der Waals surface area (Å²) in [5, 5.41) is 1.31. The van der Waals surface area contributed by atoms with Gasteiger partial charge in [-0.3, -0.25) is 0 Å². The summed E-state index contributed by atoms with van der Waals surface area (Å²) in [6.07, 6.45) is 0. The van der Waals surface area contributed by atoms with Crippen LogP contribution in [0.25, 0.3) is 10.4 Å². The summed E-state index contributed by atoms with van der Waals surface area (Å²) in [5.41, 5.74) is 0.742. The van der Waals surface area contributed by atoms with Crippen molar-refractivity contribution in [2.45, 2.75) is 0 Å². The van der Waals surface area contributed by atoms with E-state index in [1.165, 1.54) is 18.4 Å². The highest BCUT2D eigenvalue weighted by molar-refractivity contribution is 7.17. The van der Waals surface area contributed by atoms with Crippen molar-refractivity contribution in [3.63, 3.8) is 0 Å². The minimum atomic E-state index is -0.373. The van der Waals surface area contributed by atoms with Gasteiger partial charge < -0.3 is 4.74 Å². The molecule has 0 N–H and O–H groups in total. The number of benzene rings is 1. The maximum atomic E-state index is 11.4. The molecule has 2 rings (SSSR count). The summed E-state index contributed by atoms with van der Waals surface area (Å²) in [4.78, 5) is 12.7. The van der Waals surface area contributed by atoms with Crippen molar-refractivity contribution in [3.05, 3.63) is 44.2 Å². The number of thiophene rings is 1. The molecule has 2 aromatic rings. The predicted molar refractivity (Wildman–Crippen MR) is 76.1 cm³/mol. The first-order chi connectivity index (χ1) is 8.52. The fourth-order valence-corrected chi connectivity index (χ4v) is 3.06. The second-order valence-corrected chi connectivity index (χ2v) is 5.71. The quantitative estimate of drug-likeness (QED) is 0.564. The summed E-state index contributed by atoms with van der Waals surface area (Å²) in [5.74, 6) is -0.373. The average molecular weight is 322 g/mol. The number of hydrogen-bond donors (Lipinski definition) is 0. The monoisotopic (exact) mass is 320 g/mol. The molecule has 0 saturated heterocycles. The number of carbonyl (C=O) groups excluding carboxylic acids is 1. The summed E-state index contributed by atoms with van der Waals surface area (Å²) in [6, 6.07) is 6.74. The first-order valence-electron chi connectivity index (χ1n) is 4.86. The number of hydrogen-bond acceptors (Lipinski definition) is 3. The Morgan fingerprint density at radius 3 is 2.44 bits per heavy atom. The standard InChI is InChI=1S/C12H7Cl3O2S/c1-17-12(16)11-3-2-10(18-11)6-4-8(14)9(15)5-7(6)13/h2-5H,1H3. The Kier molecular flexibility index (Phi) is 4.17. The zero-order chi connectivity index (χ0) is 13.3. The lowest BCUT2D eigenvalue weighted by Gasteiger charge is -2.03. The largest absolute Gasteiger partial charge is 0.465 e. The van der Waals surface area contributed by atoms with Crippen molar-refractivity contribution < 1.29 is 9.53 Å². The maximum absolute atomic E-state index is 11.4. The summed E-state index contributed by atoms with van der Waals surface area (Å²) < 4.78 is 4.65. The second-order valence-electron chi connectivity index (χ2n) is 3.40. The van der Waals surface area contributed by atoms with Gasteiger partial charge in [-0.1, -0.05) is 34.8 Å². The van der Waals surface area contributed by atoms with Crippen LogP contribution in [0.1, 0.15) is 9.67 Å². The first kappa shape index (κ1) is 13.7. The number of rotatable bonds is 2. The van der Waals surface area contributed by atoms with Crippen molar-refractivity contribution in [3.8, 4) is 10.4 Å². The molecular formula is C12H7Cl3O2S. The summed E-state index contributed by atoms with van der Waals surface area (Å²) in [7, 11) is 1.34. The topological polar surface area (TPSA) is 26.3 Å². The lowest BCUT2D eigenvalue weighted by Crippen LogP contribution is -1.96. The normalized spacial score (nSPS) is 10.4. The summed E-state index contributed by atoms with van der Waals surface area (Å²) >= 11 is 19.2. The molecule has 0 aliphatic rings. The Labute approximate surface area is 123 Å². The fourth-order valence-electron chi connectivity index (χ4n) is 1.40. The van der Waals surface area contributed by atoms with Gasteiger partial charge >= 0.3 is 5.97 Å². The zero-order valence-corrected chi connectivity index (χ0v) is 12.3. The smallest absolute Gasteiger partial charge is 0.348 e. The molecule has 0 atom stereocenters. The van der Waals surface area contributed by atoms with Crippen molar-refractivity contribution in [2.75, 3.05) is 7.11 Å². The van der Waals surface area contributed by atoms with Crippen molar-refractivity contribution in [2.24, 2.45) is 0 Å². The Balaban J connectivity index is 2.46. The van der Waals surface area contributed by atoms with Gasteiger partial charge in [0, 0.05) is 10.4 Å². The van der Waals surface area contributed by atoms with Gasteiger partial charge in [0.2, 0.25) is 0 Å². The van der Waals surface area contributed by atoms with Crippen LogP contribution in [0.15, 0.2) is 24.3 Å². The van der Waals surface area contributed by atoms with E-state index in [9.17, 15) is 4.79 Å². The molecule has 0 saturated carbocycles. The van der Waals surface area contributed by atoms with E-state index in [4.69, 9.17) is 34.8 Å². The van der Waals surface area contributed by atoms with E-state index >= 15 is 0 Å². The molecular weight excluding hydrogens is 315 g/mol. The molecule has 1 heterocycles. The van der Waals surface area contributed by atoms with E-state index in [2.05, 4.69) is 4.74 Å². The number of ether oxygens (including phenoxy) is 1. The lowest BCUT2D eigenvalue weighted by molar-refractivity contribution is 0.0606. The van der Waals surface area contributed by atoms with Gasteiger partial charge in [-0.15, -0.1) is 11.3 Å². The van der Waals surface area contributed by atoms with E-state index < -0.39 is 0 Å². The SMILES string of the molecule is COC(=O)c1ccc(-c2cc(Cl)c(Cl)cc2Cl)s1. The van der Waals surface area contributed by atoms with Crippen LogP contribution < -0.4 is 0 Å². The molecule has 0 amide bonds. The molecule has 0 fully saturated rings. The minimum Gasteiger partial charge on any atom is -0.465 e. The van der Waals surface area contributed by atoms with Crippen LogP contribution in [-0.4, -0.2) is 13.1 Å². The van der Waals surface area contributed by atoms with E-state index in [1.807, 2.05) is 0 Å². The molecule has 94 valence electrons. The molecule has 1 aromatic heterocycles. The molecule has 6 heteroatoms. The van der Waals surface area contributed by atoms with Gasteiger partial charge in [-0.25, -0.2) is 4.79 Å². The minimum absolute atomic E-state index is 0.373. The fraction of sp³-hybridized carbons (Fsp3) is 0.0833. The molecule has 0 aliphatic carbocycles. The predicted octanol–water partition coefficient (Wildman–Crippen LogP) is 5.16. The van der Waals surface area contributed by atoms with E-state index in [-0.39, 0.29) is 5.97 Å². The second kappa shape index (κ2) is 5.49. The molecule has 2 nitrogen and oxygen atoms in total. The lowest BCUT2D eigenvalue weighted by atomic mass is 10.2. The van der Waals surface area contributed by atoms with Crippen LogP contribution in [0.2, 0.25) is 15.1 Å². The Hall–Kier alpha value is -0.740. The number of esters is 1. The molecule has 0 bridgehead atoms. The van der Waals surface area contributed by atoms with Crippen LogP contribution in [-0.2, 0) is 4.74 Å². The third-order valence-corrected chi connectivity index (χ3v) is 4.40. The van der Waals surface area contributed by atoms with Crippen molar-refractivity contribution in [1.29, 1.82) is 0 Å². The average Bonchev–Trinajstić information content (AvgIpc) is 2.82. The molecule has 0 aliphatic heterocycles. The summed E-state index contributed by atoms with van der Waals surface area (Å²) in [6.45, 7) is 0. The van der Waals surface area contributed by atoms with Crippen LogP contribution in [0.3, 0.4) is 0 Å². The van der Waals surface area contributed by atoms with Gasteiger partial charge in [-0.2, -0.15) is 0 Å². The van der Waals surface area contributed by atoms with Gasteiger partial charge in [0.05, 0.1) is 22.2 Å². The van der Waals surface area contributed by atoms with E-state index in [0.29, 0.717) is 19.9 Å².